The number of methoxy groups -OCH3 is 1. The first kappa shape index (κ1) is 23.5. The van der Waals surface area contributed by atoms with Crippen molar-refractivity contribution in [3.05, 3.63) is 72.6 Å². The van der Waals surface area contributed by atoms with Gasteiger partial charge in [-0.2, -0.15) is 0 Å². The number of aromatic amines is 1. The predicted molar refractivity (Wildman–Crippen MR) is 127 cm³/mol. The molecule has 0 saturated carbocycles. The van der Waals surface area contributed by atoms with E-state index in [0.29, 0.717) is 36.0 Å². The monoisotopic (exact) mass is 483 g/mol. The molecule has 0 saturated heterocycles. The number of H-pyrrole nitrogens is 1. The molecule has 34 heavy (non-hydrogen) atoms. The zero-order valence-corrected chi connectivity index (χ0v) is 19.2. The van der Waals surface area contributed by atoms with Crippen molar-refractivity contribution in [2.75, 3.05) is 31.5 Å². The van der Waals surface area contributed by atoms with Gasteiger partial charge in [0.1, 0.15) is 17.3 Å². The van der Waals surface area contributed by atoms with Gasteiger partial charge < -0.3 is 19.9 Å². The van der Waals surface area contributed by atoms with Gasteiger partial charge in [0.25, 0.3) is 10.0 Å². The molecule has 0 radical (unpaired) electrons. The van der Waals surface area contributed by atoms with Crippen LogP contribution in [-0.4, -0.2) is 55.5 Å². The van der Waals surface area contributed by atoms with Crippen LogP contribution in [0.15, 0.2) is 71.9 Å². The average Bonchev–Trinajstić information content (AvgIpc) is 3.26. The highest BCUT2D eigenvalue weighted by Gasteiger charge is 2.15. The minimum Gasteiger partial charge on any atom is -0.492 e. The predicted octanol–water partition coefficient (Wildman–Crippen LogP) is 2.47. The van der Waals surface area contributed by atoms with Gasteiger partial charge in [0.15, 0.2) is 0 Å². The van der Waals surface area contributed by atoms with E-state index in [4.69, 9.17) is 9.47 Å². The smallest absolute Gasteiger partial charge is 0.263 e. The molecular weight excluding hydrogens is 458 g/mol. The molecule has 0 unspecified atom stereocenters. The molecule has 2 heterocycles. The van der Waals surface area contributed by atoms with Crippen molar-refractivity contribution >= 4 is 26.6 Å². The normalized spacial score (nSPS) is 12.4. The van der Waals surface area contributed by atoms with E-state index in [-0.39, 0.29) is 11.4 Å². The molecule has 0 amide bonds. The molecule has 0 bridgehead atoms. The molecule has 2 aromatic carbocycles. The fraction of sp³-hybridized carbons (Fsp3) is 0.217. The van der Waals surface area contributed by atoms with E-state index in [9.17, 15) is 13.5 Å². The summed E-state index contributed by atoms with van der Waals surface area (Å²) in [6.45, 7) is 1.18. The van der Waals surface area contributed by atoms with Crippen LogP contribution in [0.3, 0.4) is 0 Å². The van der Waals surface area contributed by atoms with Crippen molar-refractivity contribution < 1.29 is 23.0 Å². The Bertz CT molecular complexity index is 1340. The quantitative estimate of drug-likeness (QED) is 0.239. The summed E-state index contributed by atoms with van der Waals surface area (Å²) < 4.78 is 38.4. The second kappa shape index (κ2) is 10.5. The van der Waals surface area contributed by atoms with Gasteiger partial charge in [0, 0.05) is 37.2 Å². The molecule has 4 aromatic rings. The highest BCUT2D eigenvalue weighted by Crippen LogP contribution is 2.26. The number of fused-ring (bicyclic) bond motifs is 1. The molecule has 0 aliphatic rings. The fourth-order valence-electron chi connectivity index (χ4n) is 3.35. The van der Waals surface area contributed by atoms with Crippen LogP contribution in [0.1, 0.15) is 11.7 Å². The maximum Gasteiger partial charge on any atom is 0.263 e. The molecule has 10 nitrogen and oxygen atoms in total. The molecule has 178 valence electrons. The van der Waals surface area contributed by atoms with Crippen molar-refractivity contribution in [3.63, 3.8) is 0 Å². The number of rotatable bonds is 11. The van der Waals surface area contributed by atoms with Crippen molar-refractivity contribution in [1.82, 2.24) is 20.5 Å². The van der Waals surface area contributed by atoms with E-state index < -0.39 is 16.1 Å². The minimum atomic E-state index is -3.76. The van der Waals surface area contributed by atoms with Gasteiger partial charge >= 0.3 is 0 Å². The van der Waals surface area contributed by atoms with Gasteiger partial charge in [-0.3, -0.25) is 14.8 Å². The standard InChI is InChI=1S/C23H25N5O5S/c1-32-23-20-8-7-18(13-21(20)26-27-23)33-11-10-25-15-22(29)16-4-2-5-17(12-16)28-34(30,31)19-6-3-9-24-14-19/h2-9,12-14,22,25,28-29H,10-11,15H2,1H3,(H,26,27)/t22-/m0/s1. The van der Waals surface area contributed by atoms with Crippen molar-refractivity contribution in [3.8, 4) is 11.6 Å². The SMILES string of the molecule is COc1n[nH]c2cc(OCCNC[C@H](O)c3cccc(NS(=O)(=O)c4cccnc4)c3)ccc12. The number of nitrogens with one attached hydrogen (secondary N) is 3. The number of sulfonamides is 1. The summed E-state index contributed by atoms with van der Waals surface area (Å²) in [6, 6.07) is 15.2. The Balaban J connectivity index is 1.26. The number of aliphatic hydroxyl groups is 1. The maximum atomic E-state index is 12.5. The highest BCUT2D eigenvalue weighted by atomic mass is 32.2. The van der Waals surface area contributed by atoms with Crippen LogP contribution in [0.5, 0.6) is 11.6 Å². The van der Waals surface area contributed by atoms with Crippen LogP contribution in [-0.2, 0) is 10.0 Å². The van der Waals surface area contributed by atoms with Crippen molar-refractivity contribution in [1.29, 1.82) is 0 Å². The van der Waals surface area contributed by atoms with Gasteiger partial charge in [-0.25, -0.2) is 8.42 Å². The molecule has 11 heteroatoms. The number of anilines is 1. The van der Waals surface area contributed by atoms with Crippen LogP contribution in [0.4, 0.5) is 5.69 Å². The van der Waals surface area contributed by atoms with E-state index in [1.54, 1.807) is 37.4 Å². The number of hydrogen-bond donors (Lipinski definition) is 4. The van der Waals surface area contributed by atoms with E-state index in [0.717, 1.165) is 10.9 Å². The first-order valence-electron chi connectivity index (χ1n) is 10.5. The van der Waals surface area contributed by atoms with Crippen LogP contribution < -0.4 is 19.5 Å². The third kappa shape index (κ3) is 5.63. The lowest BCUT2D eigenvalue weighted by Crippen LogP contribution is -2.26. The van der Waals surface area contributed by atoms with E-state index in [1.807, 2.05) is 18.2 Å². The second-order valence-corrected chi connectivity index (χ2v) is 9.11. The Morgan fingerprint density at radius 3 is 2.82 bits per heavy atom. The lowest BCUT2D eigenvalue weighted by atomic mass is 10.1. The van der Waals surface area contributed by atoms with Crippen LogP contribution in [0.25, 0.3) is 10.9 Å². The van der Waals surface area contributed by atoms with Crippen LogP contribution >= 0.6 is 0 Å². The topological polar surface area (TPSA) is 138 Å². The Labute approximate surface area is 197 Å². The first-order chi connectivity index (χ1) is 16.5. The second-order valence-electron chi connectivity index (χ2n) is 7.43. The largest absolute Gasteiger partial charge is 0.492 e. The molecule has 1 atom stereocenters. The Morgan fingerprint density at radius 2 is 2.03 bits per heavy atom. The van der Waals surface area contributed by atoms with Gasteiger partial charge in [-0.15, -0.1) is 5.10 Å². The van der Waals surface area contributed by atoms with E-state index in [1.165, 1.54) is 18.5 Å². The summed E-state index contributed by atoms with van der Waals surface area (Å²) in [4.78, 5) is 3.90. The van der Waals surface area contributed by atoms with E-state index in [2.05, 4.69) is 25.2 Å². The Kier molecular flexibility index (Phi) is 7.26. The molecule has 0 fully saturated rings. The molecular formula is C23H25N5O5S. The number of aromatic nitrogens is 3. The number of ether oxygens (including phenoxy) is 2. The number of nitrogens with zero attached hydrogens (tertiary/aromatic N) is 2. The van der Waals surface area contributed by atoms with Crippen molar-refractivity contribution in [2.45, 2.75) is 11.0 Å². The zero-order valence-electron chi connectivity index (χ0n) is 18.4. The zero-order chi connectivity index (χ0) is 24.0. The van der Waals surface area contributed by atoms with Gasteiger partial charge in [-0.1, -0.05) is 12.1 Å². The summed E-state index contributed by atoms with van der Waals surface area (Å²) in [5.41, 5.74) is 1.75. The third-order valence-corrected chi connectivity index (χ3v) is 6.41. The van der Waals surface area contributed by atoms with E-state index >= 15 is 0 Å². The molecule has 0 spiro atoms. The molecule has 0 aliphatic carbocycles. The minimum absolute atomic E-state index is 0.0634. The fourth-order valence-corrected chi connectivity index (χ4v) is 4.36. The third-order valence-electron chi connectivity index (χ3n) is 5.05. The molecule has 4 rings (SSSR count). The van der Waals surface area contributed by atoms with Gasteiger partial charge in [-0.05, 0) is 42.0 Å². The summed E-state index contributed by atoms with van der Waals surface area (Å²) in [5, 5.41) is 21.5. The molecule has 4 N–H and O–H groups in total. The molecule has 2 aromatic heterocycles. The lowest BCUT2D eigenvalue weighted by Gasteiger charge is -2.14. The summed E-state index contributed by atoms with van der Waals surface area (Å²) >= 11 is 0. The Hall–Kier alpha value is -3.67. The van der Waals surface area contributed by atoms with Crippen LogP contribution in [0, 0.1) is 0 Å². The highest BCUT2D eigenvalue weighted by molar-refractivity contribution is 7.92. The maximum absolute atomic E-state index is 12.5. The Morgan fingerprint density at radius 1 is 1.15 bits per heavy atom. The van der Waals surface area contributed by atoms with Crippen LogP contribution in [0.2, 0.25) is 0 Å². The van der Waals surface area contributed by atoms with Gasteiger partial charge in [0.05, 0.1) is 24.1 Å². The summed E-state index contributed by atoms with van der Waals surface area (Å²) in [6.07, 6.45) is 1.96. The number of aliphatic hydroxyl groups excluding tert-OH is 1. The first-order valence-corrected chi connectivity index (χ1v) is 12.0. The number of hydrogen-bond acceptors (Lipinski definition) is 8. The van der Waals surface area contributed by atoms with Crippen molar-refractivity contribution in [2.24, 2.45) is 0 Å². The number of benzene rings is 2. The summed E-state index contributed by atoms with van der Waals surface area (Å²) in [7, 11) is -2.19. The molecule has 0 aliphatic heterocycles. The average molecular weight is 484 g/mol. The van der Waals surface area contributed by atoms with Gasteiger partial charge in [0.2, 0.25) is 5.88 Å². The lowest BCUT2D eigenvalue weighted by molar-refractivity contribution is 0.172. The number of pyridine rings is 1. The summed E-state index contributed by atoms with van der Waals surface area (Å²) in [5.74, 6) is 1.22.